The maximum Gasteiger partial charge on any atom is 0.350 e. The van der Waals surface area contributed by atoms with Crippen LogP contribution in [-0.4, -0.2) is 54.5 Å². The monoisotopic (exact) mass is 564 g/mol. The van der Waals surface area contributed by atoms with Crippen molar-refractivity contribution in [3.8, 4) is 5.75 Å². The number of hydrogen-bond acceptors (Lipinski definition) is 10. The summed E-state index contributed by atoms with van der Waals surface area (Å²) >= 11 is 0.899. The summed E-state index contributed by atoms with van der Waals surface area (Å²) in [4.78, 5) is 56.7. The molecule has 0 aliphatic carbocycles. The molecule has 1 amide bonds. The van der Waals surface area contributed by atoms with E-state index in [0.717, 1.165) is 29.1 Å². The van der Waals surface area contributed by atoms with Gasteiger partial charge >= 0.3 is 17.8 Å². The van der Waals surface area contributed by atoms with Crippen LogP contribution in [-0.2, 0) is 19.1 Å². The molecule has 40 heavy (non-hydrogen) atoms. The molecule has 1 N–H and O–H groups in total. The number of thiazole rings is 1. The zero-order chi connectivity index (χ0) is 29.0. The van der Waals surface area contributed by atoms with Crippen molar-refractivity contribution in [1.29, 1.82) is 0 Å². The summed E-state index contributed by atoms with van der Waals surface area (Å²) in [6.45, 7) is 4.20. The minimum atomic E-state index is -1.09. The molecule has 4 rings (SSSR count). The highest BCUT2D eigenvalue weighted by Crippen LogP contribution is 2.44. The molecule has 208 valence electrons. The van der Waals surface area contributed by atoms with Gasteiger partial charge in [0.1, 0.15) is 16.4 Å². The average Bonchev–Trinajstić information content (AvgIpc) is 3.48. The van der Waals surface area contributed by atoms with Gasteiger partial charge in [-0.2, -0.15) is 0 Å². The third-order valence-corrected chi connectivity index (χ3v) is 7.49. The average molecular weight is 565 g/mol. The summed E-state index contributed by atoms with van der Waals surface area (Å²) in [6, 6.07) is 11.6. The van der Waals surface area contributed by atoms with Gasteiger partial charge in [0.2, 0.25) is 0 Å². The molecule has 1 aromatic heterocycles. The first-order valence-electron chi connectivity index (χ1n) is 12.5. The van der Waals surface area contributed by atoms with E-state index in [1.54, 1.807) is 43.3 Å². The number of amides is 1. The van der Waals surface area contributed by atoms with Gasteiger partial charge in [0.25, 0.3) is 5.78 Å². The summed E-state index contributed by atoms with van der Waals surface area (Å²) in [5, 5.41) is 11.4. The number of Topliss-reactive ketones (excluding diaryl/α,β-unsaturated/α-hetero) is 1. The van der Waals surface area contributed by atoms with Crippen molar-refractivity contribution in [3.63, 3.8) is 0 Å². The van der Waals surface area contributed by atoms with E-state index in [1.807, 2.05) is 0 Å². The van der Waals surface area contributed by atoms with Gasteiger partial charge in [0.15, 0.2) is 5.13 Å². The van der Waals surface area contributed by atoms with Gasteiger partial charge < -0.3 is 19.3 Å². The Bertz CT molecular complexity index is 1470. The fourth-order valence-electron chi connectivity index (χ4n) is 4.23. The Morgan fingerprint density at radius 3 is 2.20 bits per heavy atom. The minimum Gasteiger partial charge on any atom is -0.507 e. The second-order valence-electron chi connectivity index (χ2n) is 8.91. The standard InChI is InChI=1S/C29H28N2O8S/c1-5-6-15-39-20-13-11-18(12-14-20)23(32)21-22(17-7-9-19(10-8-17)27(35)37-3)31(26(34)24(21)33)29-30-16(2)25(40-29)28(36)38-4/h7-14,22,32H,5-6,15H2,1-4H3/t22-/m1/s1. The molecular weight excluding hydrogens is 536 g/mol. The van der Waals surface area contributed by atoms with Crippen LogP contribution in [0.2, 0.25) is 0 Å². The number of aliphatic hydroxyl groups is 1. The van der Waals surface area contributed by atoms with Crippen molar-refractivity contribution < 1.29 is 38.5 Å². The summed E-state index contributed by atoms with van der Waals surface area (Å²) in [5.74, 6) is -2.81. The number of carbonyl (C=O) groups excluding carboxylic acids is 4. The Morgan fingerprint density at radius 2 is 1.60 bits per heavy atom. The molecule has 0 saturated carbocycles. The summed E-state index contributed by atoms with van der Waals surface area (Å²) in [7, 11) is 2.49. The molecule has 0 unspecified atom stereocenters. The molecule has 0 bridgehead atoms. The van der Waals surface area contributed by atoms with Gasteiger partial charge in [-0.25, -0.2) is 14.6 Å². The first-order valence-corrected chi connectivity index (χ1v) is 13.3. The number of anilines is 1. The van der Waals surface area contributed by atoms with Crippen LogP contribution in [0.3, 0.4) is 0 Å². The Hall–Kier alpha value is -4.51. The molecule has 10 nitrogen and oxygen atoms in total. The highest BCUT2D eigenvalue weighted by molar-refractivity contribution is 7.17. The Labute approximate surface area is 234 Å². The lowest BCUT2D eigenvalue weighted by atomic mass is 9.94. The van der Waals surface area contributed by atoms with Gasteiger partial charge in [-0.3, -0.25) is 14.5 Å². The maximum absolute atomic E-state index is 13.4. The number of hydrogen-bond donors (Lipinski definition) is 1. The molecule has 1 atom stereocenters. The van der Waals surface area contributed by atoms with Crippen molar-refractivity contribution in [2.75, 3.05) is 25.7 Å². The van der Waals surface area contributed by atoms with E-state index < -0.39 is 29.7 Å². The van der Waals surface area contributed by atoms with E-state index in [0.29, 0.717) is 29.2 Å². The summed E-state index contributed by atoms with van der Waals surface area (Å²) in [6.07, 6.45) is 1.88. The van der Waals surface area contributed by atoms with E-state index in [4.69, 9.17) is 14.2 Å². The quantitative estimate of drug-likeness (QED) is 0.128. The first-order chi connectivity index (χ1) is 19.2. The van der Waals surface area contributed by atoms with Gasteiger partial charge in [-0.05, 0) is 55.3 Å². The predicted octanol–water partition coefficient (Wildman–Crippen LogP) is 4.83. The lowest BCUT2D eigenvalue weighted by Crippen LogP contribution is -2.29. The van der Waals surface area contributed by atoms with Crippen LogP contribution in [0.5, 0.6) is 5.75 Å². The third-order valence-electron chi connectivity index (χ3n) is 6.35. The fraction of sp³-hybridized carbons (Fsp3) is 0.276. The van der Waals surface area contributed by atoms with Crippen LogP contribution in [0.25, 0.3) is 5.76 Å². The Morgan fingerprint density at radius 1 is 0.975 bits per heavy atom. The summed E-state index contributed by atoms with van der Waals surface area (Å²) < 4.78 is 15.3. The van der Waals surface area contributed by atoms with Gasteiger partial charge in [-0.15, -0.1) is 0 Å². The van der Waals surface area contributed by atoms with E-state index in [-0.39, 0.29) is 26.9 Å². The van der Waals surface area contributed by atoms with E-state index in [9.17, 15) is 24.3 Å². The smallest absolute Gasteiger partial charge is 0.350 e. The number of unbranched alkanes of at least 4 members (excludes halogenated alkanes) is 1. The van der Waals surface area contributed by atoms with Crippen LogP contribution >= 0.6 is 11.3 Å². The lowest BCUT2D eigenvalue weighted by molar-refractivity contribution is -0.132. The van der Waals surface area contributed by atoms with Gasteiger partial charge in [-0.1, -0.05) is 36.8 Å². The molecule has 3 aromatic rings. The predicted molar refractivity (Wildman–Crippen MR) is 148 cm³/mol. The molecule has 1 fully saturated rings. The maximum atomic E-state index is 13.4. The second kappa shape index (κ2) is 12.1. The molecule has 1 saturated heterocycles. The normalized spacial score (nSPS) is 16.2. The molecule has 1 aliphatic heterocycles. The van der Waals surface area contributed by atoms with Crippen LogP contribution in [0, 0.1) is 6.92 Å². The topological polar surface area (TPSA) is 132 Å². The minimum absolute atomic E-state index is 0.0840. The zero-order valence-electron chi connectivity index (χ0n) is 22.4. The van der Waals surface area contributed by atoms with E-state index >= 15 is 0 Å². The van der Waals surface area contributed by atoms with Crippen LogP contribution in [0.4, 0.5) is 5.13 Å². The van der Waals surface area contributed by atoms with Crippen molar-refractivity contribution in [3.05, 3.63) is 81.4 Å². The van der Waals surface area contributed by atoms with Gasteiger partial charge in [0, 0.05) is 5.56 Å². The molecule has 0 radical (unpaired) electrons. The molecule has 2 aromatic carbocycles. The van der Waals surface area contributed by atoms with E-state index in [2.05, 4.69) is 11.9 Å². The Kier molecular flexibility index (Phi) is 8.64. The highest BCUT2D eigenvalue weighted by atomic mass is 32.1. The SMILES string of the molecule is CCCCOc1ccc(C(O)=C2C(=O)C(=O)N(c3nc(C)c(C(=O)OC)s3)[C@@H]2c2ccc(C(=O)OC)cc2)cc1. The molecule has 0 spiro atoms. The second-order valence-corrected chi connectivity index (χ2v) is 9.89. The number of nitrogens with zero attached hydrogens (tertiary/aromatic N) is 2. The first kappa shape index (κ1) is 28.5. The van der Waals surface area contributed by atoms with Crippen LogP contribution in [0.15, 0.2) is 54.1 Å². The number of methoxy groups -OCH3 is 2. The number of ketones is 1. The fourth-order valence-corrected chi connectivity index (χ4v) is 5.24. The van der Waals surface area contributed by atoms with Crippen molar-refractivity contribution in [2.45, 2.75) is 32.7 Å². The van der Waals surface area contributed by atoms with Crippen LogP contribution < -0.4 is 9.64 Å². The molecule has 11 heteroatoms. The van der Waals surface area contributed by atoms with Crippen molar-refractivity contribution in [1.82, 2.24) is 4.98 Å². The van der Waals surface area contributed by atoms with Crippen molar-refractivity contribution in [2.24, 2.45) is 0 Å². The van der Waals surface area contributed by atoms with Gasteiger partial charge in [0.05, 0.1) is 43.7 Å². The largest absolute Gasteiger partial charge is 0.507 e. The Balaban J connectivity index is 1.83. The molecule has 2 heterocycles. The van der Waals surface area contributed by atoms with Crippen molar-refractivity contribution >= 4 is 45.9 Å². The zero-order valence-corrected chi connectivity index (χ0v) is 23.2. The number of aliphatic hydroxyl groups excluding tert-OH is 1. The summed E-state index contributed by atoms with van der Waals surface area (Å²) in [5.41, 5.74) is 1.16. The number of esters is 2. The number of aromatic nitrogens is 1. The van der Waals surface area contributed by atoms with Crippen LogP contribution in [0.1, 0.15) is 62.7 Å². The number of aryl methyl sites for hydroxylation is 1. The molecule has 1 aliphatic rings. The highest BCUT2D eigenvalue weighted by Gasteiger charge is 2.48. The molecular formula is C29H28N2O8S. The number of benzene rings is 2. The number of carbonyl (C=O) groups is 4. The third kappa shape index (κ3) is 5.46. The lowest BCUT2D eigenvalue weighted by Gasteiger charge is -2.23. The van der Waals surface area contributed by atoms with E-state index in [1.165, 1.54) is 26.4 Å². The number of rotatable bonds is 9. The number of ether oxygens (including phenoxy) is 3.